The van der Waals surface area contributed by atoms with Gasteiger partial charge in [-0.05, 0) is 119 Å². The summed E-state index contributed by atoms with van der Waals surface area (Å²) in [5, 5.41) is 10.6. The highest BCUT2D eigenvalue weighted by Gasteiger charge is 2.20. The molecule has 0 atom stereocenters. The molecule has 0 bridgehead atoms. The minimum atomic E-state index is 1.17. The first-order chi connectivity index (χ1) is 21.3. The second-order valence-corrected chi connectivity index (χ2v) is 11.9. The lowest BCUT2D eigenvalue weighted by Crippen LogP contribution is -2.02. The van der Waals surface area contributed by atoms with Crippen molar-refractivity contribution >= 4 is 43.1 Å². The van der Waals surface area contributed by atoms with Crippen LogP contribution in [0.5, 0.6) is 0 Å². The fourth-order valence-electron chi connectivity index (χ4n) is 7.62. The van der Waals surface area contributed by atoms with Crippen molar-refractivity contribution in [3.05, 3.63) is 157 Å². The van der Waals surface area contributed by atoms with Gasteiger partial charge in [0.25, 0.3) is 0 Å². The first-order valence-corrected chi connectivity index (χ1v) is 15.4. The standard InChI is InChI=1S/C43H30/c1-2-11-31-26-33(23-22-28(31)10-1)32-15-8-16-34(27-32)42-36-17-3-5-19-38(36)43(39-20-6-4-18-37(39)42)40-25-24-30-13-7-12-29-14-9-21-35(40)41(29)30/h1-6,8-11,14-27H,7,12-13H2. The van der Waals surface area contributed by atoms with E-state index in [1.807, 2.05) is 0 Å². The molecule has 8 aromatic carbocycles. The van der Waals surface area contributed by atoms with Crippen molar-refractivity contribution in [2.24, 2.45) is 0 Å². The van der Waals surface area contributed by atoms with Crippen LogP contribution in [0.15, 0.2) is 146 Å². The van der Waals surface area contributed by atoms with Gasteiger partial charge in [-0.25, -0.2) is 0 Å². The summed E-state index contributed by atoms with van der Waals surface area (Å²) < 4.78 is 0. The second-order valence-electron chi connectivity index (χ2n) is 11.9. The summed E-state index contributed by atoms with van der Waals surface area (Å²) in [6, 6.07) is 54.3. The predicted octanol–water partition coefficient (Wildman–Crippen LogP) is 11.8. The molecule has 8 aromatic rings. The molecule has 202 valence electrons. The molecule has 0 heteroatoms. The molecule has 43 heavy (non-hydrogen) atoms. The molecule has 0 radical (unpaired) electrons. The highest BCUT2D eigenvalue weighted by molar-refractivity contribution is 6.23. The Morgan fingerprint density at radius 2 is 0.930 bits per heavy atom. The Bertz CT molecular complexity index is 2300. The molecule has 0 amide bonds. The zero-order chi connectivity index (χ0) is 28.3. The lowest BCUT2D eigenvalue weighted by atomic mass is 9.81. The van der Waals surface area contributed by atoms with Crippen LogP contribution in [0.4, 0.5) is 0 Å². The summed E-state index contributed by atoms with van der Waals surface area (Å²) >= 11 is 0. The van der Waals surface area contributed by atoms with Crippen LogP contribution in [-0.4, -0.2) is 0 Å². The van der Waals surface area contributed by atoms with Gasteiger partial charge in [0.1, 0.15) is 0 Å². The summed E-state index contributed by atoms with van der Waals surface area (Å²) in [7, 11) is 0. The second kappa shape index (κ2) is 9.68. The smallest absolute Gasteiger partial charge is 0.00201 e. The molecule has 0 aromatic heterocycles. The van der Waals surface area contributed by atoms with Crippen LogP contribution in [0, 0.1) is 0 Å². The van der Waals surface area contributed by atoms with Gasteiger partial charge in [-0.2, -0.15) is 0 Å². The average molecular weight is 547 g/mol. The van der Waals surface area contributed by atoms with E-state index in [9.17, 15) is 0 Å². The summed E-state index contributed by atoms with van der Waals surface area (Å²) in [6.07, 6.45) is 3.58. The van der Waals surface area contributed by atoms with Crippen LogP contribution >= 0.6 is 0 Å². The number of fused-ring (bicyclic) bond motifs is 3. The van der Waals surface area contributed by atoms with Crippen molar-refractivity contribution in [1.82, 2.24) is 0 Å². The number of aryl methyl sites for hydroxylation is 2. The van der Waals surface area contributed by atoms with Crippen LogP contribution < -0.4 is 0 Å². The van der Waals surface area contributed by atoms with Gasteiger partial charge in [0.15, 0.2) is 0 Å². The van der Waals surface area contributed by atoms with Gasteiger partial charge in [-0.1, -0.05) is 133 Å². The zero-order valence-corrected chi connectivity index (χ0v) is 24.0. The van der Waals surface area contributed by atoms with Crippen LogP contribution in [0.25, 0.3) is 76.5 Å². The van der Waals surface area contributed by atoms with E-state index in [1.54, 1.807) is 0 Å². The maximum Gasteiger partial charge on any atom is -0.00201 e. The van der Waals surface area contributed by atoms with Crippen LogP contribution in [0.1, 0.15) is 17.5 Å². The lowest BCUT2D eigenvalue weighted by Gasteiger charge is -2.22. The maximum absolute atomic E-state index is 2.39. The Morgan fingerprint density at radius 1 is 0.349 bits per heavy atom. The van der Waals surface area contributed by atoms with Crippen molar-refractivity contribution in [2.45, 2.75) is 19.3 Å². The van der Waals surface area contributed by atoms with Crippen molar-refractivity contribution in [3.8, 4) is 33.4 Å². The van der Waals surface area contributed by atoms with Crippen LogP contribution in [0.3, 0.4) is 0 Å². The highest BCUT2D eigenvalue weighted by Crippen LogP contribution is 2.46. The number of benzene rings is 8. The number of hydrogen-bond acceptors (Lipinski definition) is 0. The third kappa shape index (κ3) is 3.84. The van der Waals surface area contributed by atoms with Gasteiger partial charge in [-0.3, -0.25) is 0 Å². The number of rotatable bonds is 3. The summed E-state index contributed by atoms with van der Waals surface area (Å²) in [5.41, 5.74) is 10.7. The average Bonchev–Trinajstić information content (AvgIpc) is 3.08. The summed E-state index contributed by atoms with van der Waals surface area (Å²) in [5.74, 6) is 0. The monoisotopic (exact) mass is 546 g/mol. The van der Waals surface area contributed by atoms with Crippen molar-refractivity contribution in [2.75, 3.05) is 0 Å². The van der Waals surface area contributed by atoms with Gasteiger partial charge in [0.2, 0.25) is 0 Å². The SMILES string of the molecule is c1cc(-c2ccc3ccccc3c2)cc(-c2c3ccccc3c(-c3ccc4c5c(cccc35)CCC4)c3ccccc23)c1. The number of hydrogen-bond donors (Lipinski definition) is 0. The first-order valence-electron chi connectivity index (χ1n) is 15.4. The lowest BCUT2D eigenvalue weighted by molar-refractivity contribution is 0.808. The molecule has 1 aliphatic rings. The minimum Gasteiger partial charge on any atom is -0.0616 e. The molecule has 0 aliphatic heterocycles. The Morgan fingerprint density at radius 3 is 1.70 bits per heavy atom. The molecule has 0 fully saturated rings. The Kier molecular flexibility index (Phi) is 5.49. The van der Waals surface area contributed by atoms with E-state index in [2.05, 4.69) is 146 Å². The van der Waals surface area contributed by atoms with Crippen LogP contribution in [0.2, 0.25) is 0 Å². The molecule has 1 aliphatic carbocycles. The molecule has 0 spiro atoms. The molecule has 0 saturated carbocycles. The molecular weight excluding hydrogens is 516 g/mol. The van der Waals surface area contributed by atoms with Gasteiger partial charge in [-0.15, -0.1) is 0 Å². The molecule has 0 heterocycles. The van der Waals surface area contributed by atoms with E-state index >= 15 is 0 Å². The molecule has 0 nitrogen and oxygen atoms in total. The quantitative estimate of drug-likeness (QED) is 0.193. The Balaban J connectivity index is 1.32. The summed E-state index contributed by atoms with van der Waals surface area (Å²) in [4.78, 5) is 0. The van der Waals surface area contributed by atoms with E-state index in [-0.39, 0.29) is 0 Å². The van der Waals surface area contributed by atoms with Gasteiger partial charge in [0, 0.05) is 0 Å². The normalized spacial score (nSPS) is 12.8. The van der Waals surface area contributed by atoms with Crippen molar-refractivity contribution in [1.29, 1.82) is 0 Å². The fourth-order valence-corrected chi connectivity index (χ4v) is 7.62. The van der Waals surface area contributed by atoms with E-state index in [0.29, 0.717) is 0 Å². The Hall–Kier alpha value is -5.20. The van der Waals surface area contributed by atoms with Crippen molar-refractivity contribution < 1.29 is 0 Å². The third-order valence-corrected chi connectivity index (χ3v) is 9.54. The Labute approximate surface area is 251 Å². The molecule has 0 N–H and O–H groups in total. The summed E-state index contributed by atoms with van der Waals surface area (Å²) in [6.45, 7) is 0. The minimum absolute atomic E-state index is 1.17. The van der Waals surface area contributed by atoms with Crippen LogP contribution in [-0.2, 0) is 12.8 Å². The topological polar surface area (TPSA) is 0 Å². The molecule has 0 unspecified atom stereocenters. The van der Waals surface area contributed by atoms with E-state index in [4.69, 9.17) is 0 Å². The zero-order valence-electron chi connectivity index (χ0n) is 24.0. The third-order valence-electron chi connectivity index (χ3n) is 9.54. The van der Waals surface area contributed by atoms with E-state index in [1.165, 1.54) is 107 Å². The predicted molar refractivity (Wildman–Crippen MR) is 185 cm³/mol. The van der Waals surface area contributed by atoms with Gasteiger partial charge >= 0.3 is 0 Å². The fraction of sp³-hybridized carbons (Fsp3) is 0.0698. The highest BCUT2D eigenvalue weighted by atomic mass is 14.2. The molecular formula is C43H30. The maximum atomic E-state index is 2.39. The van der Waals surface area contributed by atoms with Crippen molar-refractivity contribution in [3.63, 3.8) is 0 Å². The molecule has 0 saturated heterocycles. The van der Waals surface area contributed by atoms with Gasteiger partial charge < -0.3 is 0 Å². The van der Waals surface area contributed by atoms with Gasteiger partial charge in [0.05, 0.1) is 0 Å². The van der Waals surface area contributed by atoms with E-state index < -0.39 is 0 Å². The largest absolute Gasteiger partial charge is 0.0616 e. The first kappa shape index (κ1) is 24.4. The van der Waals surface area contributed by atoms with E-state index in [0.717, 1.165) is 0 Å². The molecule has 9 rings (SSSR count).